The number of aliphatic carboxylic acids is 1. The van der Waals surface area contributed by atoms with Crippen LogP contribution in [0.2, 0.25) is 0 Å². The summed E-state index contributed by atoms with van der Waals surface area (Å²) in [6.07, 6.45) is 9.20. The Labute approximate surface area is 133 Å². The molecule has 124 valence electrons. The number of hydrogen-bond acceptors (Lipinski definition) is 3. The molecule has 0 saturated carbocycles. The van der Waals surface area contributed by atoms with Gasteiger partial charge in [0.25, 0.3) is 5.79 Å². The monoisotopic (exact) mass is 308 g/mol. The van der Waals surface area contributed by atoms with Gasteiger partial charge in [0, 0.05) is 5.56 Å². The summed E-state index contributed by atoms with van der Waals surface area (Å²) in [5.74, 6) is -3.62. The zero-order valence-corrected chi connectivity index (χ0v) is 13.5. The van der Waals surface area contributed by atoms with Crippen LogP contribution in [0.5, 0.6) is 0 Å². The second-order valence-corrected chi connectivity index (χ2v) is 5.64. The van der Waals surface area contributed by atoms with E-state index in [2.05, 4.69) is 6.92 Å². The topological polar surface area (TPSA) is 66.8 Å². The molecule has 2 N–H and O–H groups in total. The van der Waals surface area contributed by atoms with Crippen LogP contribution in [-0.4, -0.2) is 22.8 Å². The number of carboxylic acid groups (broad SMARTS) is 1. The van der Waals surface area contributed by atoms with Crippen LogP contribution in [0.15, 0.2) is 30.3 Å². The van der Waals surface area contributed by atoms with Crippen LogP contribution in [0, 0.1) is 0 Å². The number of carbonyl (C=O) groups is 1. The minimum absolute atomic E-state index is 0.243. The van der Waals surface area contributed by atoms with Crippen molar-refractivity contribution in [2.75, 3.05) is 6.61 Å². The summed E-state index contributed by atoms with van der Waals surface area (Å²) in [5, 5.41) is 19.5. The van der Waals surface area contributed by atoms with E-state index in [0.29, 0.717) is 0 Å². The van der Waals surface area contributed by atoms with Crippen molar-refractivity contribution in [3.8, 4) is 0 Å². The van der Waals surface area contributed by atoms with Gasteiger partial charge in [-0.3, -0.25) is 0 Å². The molecule has 0 aliphatic rings. The molecule has 0 heterocycles. The van der Waals surface area contributed by atoms with Crippen LogP contribution in [0.1, 0.15) is 63.9 Å². The van der Waals surface area contributed by atoms with Crippen LogP contribution in [0.25, 0.3) is 0 Å². The van der Waals surface area contributed by atoms with E-state index in [-0.39, 0.29) is 12.2 Å². The third-order valence-corrected chi connectivity index (χ3v) is 3.76. The maximum Gasteiger partial charge on any atom is 0.369 e. The second-order valence-electron chi connectivity index (χ2n) is 5.64. The minimum Gasteiger partial charge on any atom is -0.477 e. The van der Waals surface area contributed by atoms with Gasteiger partial charge in [0.15, 0.2) is 0 Å². The van der Waals surface area contributed by atoms with Gasteiger partial charge in [-0.15, -0.1) is 0 Å². The maximum atomic E-state index is 11.3. The van der Waals surface area contributed by atoms with Crippen LogP contribution in [0.3, 0.4) is 0 Å². The molecule has 22 heavy (non-hydrogen) atoms. The fourth-order valence-corrected chi connectivity index (χ4v) is 2.39. The quantitative estimate of drug-likeness (QED) is 0.451. The molecular weight excluding hydrogens is 280 g/mol. The summed E-state index contributed by atoms with van der Waals surface area (Å²) < 4.78 is 5.28. The number of aliphatic hydroxyl groups is 1. The molecule has 0 aromatic heterocycles. The molecule has 0 aliphatic heterocycles. The molecule has 0 bridgehead atoms. The van der Waals surface area contributed by atoms with Crippen LogP contribution in [-0.2, 0) is 15.3 Å². The average Bonchev–Trinajstić information content (AvgIpc) is 2.53. The zero-order chi connectivity index (χ0) is 16.3. The highest BCUT2D eigenvalue weighted by molar-refractivity contribution is 5.77. The SMILES string of the molecule is CCCCCCCCCCOC(O)(C(=O)O)c1ccccc1. The molecule has 0 aliphatic carbocycles. The van der Waals surface area contributed by atoms with Gasteiger partial charge in [0.2, 0.25) is 0 Å². The fraction of sp³-hybridized carbons (Fsp3) is 0.611. The molecule has 4 nitrogen and oxygen atoms in total. The molecule has 1 unspecified atom stereocenters. The lowest BCUT2D eigenvalue weighted by Crippen LogP contribution is -2.38. The van der Waals surface area contributed by atoms with Gasteiger partial charge < -0.3 is 14.9 Å². The fourth-order valence-electron chi connectivity index (χ4n) is 2.39. The van der Waals surface area contributed by atoms with Crippen molar-refractivity contribution < 1.29 is 19.7 Å². The number of rotatable bonds is 12. The molecule has 0 saturated heterocycles. The molecule has 1 aromatic rings. The largest absolute Gasteiger partial charge is 0.477 e. The summed E-state index contributed by atoms with van der Waals surface area (Å²) >= 11 is 0. The lowest BCUT2D eigenvalue weighted by Gasteiger charge is -2.24. The first-order valence-electron chi connectivity index (χ1n) is 8.26. The van der Waals surface area contributed by atoms with E-state index in [9.17, 15) is 15.0 Å². The van der Waals surface area contributed by atoms with E-state index < -0.39 is 11.8 Å². The van der Waals surface area contributed by atoms with Crippen LogP contribution in [0.4, 0.5) is 0 Å². The van der Waals surface area contributed by atoms with Gasteiger partial charge in [-0.2, -0.15) is 0 Å². The summed E-state index contributed by atoms with van der Waals surface area (Å²) in [6.45, 7) is 2.44. The van der Waals surface area contributed by atoms with Gasteiger partial charge in [-0.25, -0.2) is 4.79 Å². The second kappa shape index (κ2) is 10.4. The number of benzene rings is 1. The van der Waals surface area contributed by atoms with Gasteiger partial charge in [0.1, 0.15) is 0 Å². The summed E-state index contributed by atoms with van der Waals surface area (Å²) in [6, 6.07) is 8.25. The molecular formula is C18H28O4. The Morgan fingerprint density at radius 1 is 1.00 bits per heavy atom. The zero-order valence-electron chi connectivity index (χ0n) is 13.5. The molecule has 0 spiro atoms. The number of carboxylic acids is 1. The van der Waals surface area contributed by atoms with E-state index in [1.54, 1.807) is 30.3 Å². The summed E-state index contributed by atoms with van der Waals surface area (Å²) in [4.78, 5) is 11.3. The molecule has 1 atom stereocenters. The number of ether oxygens (including phenoxy) is 1. The normalized spacial score (nSPS) is 13.7. The standard InChI is InChI=1S/C18H28O4/c1-2-3-4-5-6-7-8-12-15-22-18(21,17(19)20)16-13-10-9-11-14-16/h9-11,13-14,21H,2-8,12,15H2,1H3,(H,19,20). The van der Waals surface area contributed by atoms with Crippen molar-refractivity contribution in [2.24, 2.45) is 0 Å². The lowest BCUT2D eigenvalue weighted by molar-refractivity contribution is -0.229. The Balaban J connectivity index is 2.27. The van der Waals surface area contributed by atoms with Crippen LogP contribution >= 0.6 is 0 Å². The third kappa shape index (κ3) is 6.16. The van der Waals surface area contributed by atoms with Crippen LogP contribution < -0.4 is 0 Å². The predicted molar refractivity (Wildman–Crippen MR) is 86.5 cm³/mol. The first-order valence-corrected chi connectivity index (χ1v) is 8.26. The van der Waals surface area contributed by atoms with Crippen molar-refractivity contribution in [3.05, 3.63) is 35.9 Å². The summed E-state index contributed by atoms with van der Waals surface area (Å²) in [5.41, 5.74) is 0.252. The van der Waals surface area contributed by atoms with E-state index >= 15 is 0 Å². The van der Waals surface area contributed by atoms with Crippen molar-refractivity contribution in [1.82, 2.24) is 0 Å². The Kier molecular flexibility index (Phi) is 8.78. The Morgan fingerprint density at radius 3 is 2.09 bits per heavy atom. The Morgan fingerprint density at radius 2 is 1.55 bits per heavy atom. The first-order chi connectivity index (χ1) is 10.6. The summed E-state index contributed by atoms with van der Waals surface area (Å²) in [7, 11) is 0. The average molecular weight is 308 g/mol. The van der Waals surface area contributed by atoms with E-state index in [1.165, 1.54) is 32.1 Å². The van der Waals surface area contributed by atoms with Gasteiger partial charge in [-0.05, 0) is 6.42 Å². The smallest absolute Gasteiger partial charge is 0.369 e. The molecule has 0 amide bonds. The van der Waals surface area contributed by atoms with E-state index in [4.69, 9.17) is 4.74 Å². The first kappa shape index (κ1) is 18.7. The Hall–Kier alpha value is -1.39. The molecule has 4 heteroatoms. The highest BCUT2D eigenvalue weighted by Gasteiger charge is 2.39. The van der Waals surface area contributed by atoms with Gasteiger partial charge in [0.05, 0.1) is 6.61 Å². The third-order valence-electron chi connectivity index (χ3n) is 3.76. The highest BCUT2D eigenvalue weighted by atomic mass is 16.6. The van der Waals surface area contributed by atoms with Crippen molar-refractivity contribution in [3.63, 3.8) is 0 Å². The molecule has 0 fully saturated rings. The maximum absolute atomic E-state index is 11.3. The minimum atomic E-state index is -2.25. The molecule has 1 rings (SSSR count). The van der Waals surface area contributed by atoms with E-state index in [0.717, 1.165) is 19.3 Å². The van der Waals surface area contributed by atoms with Gasteiger partial charge in [-0.1, -0.05) is 82.2 Å². The number of unbranched alkanes of at least 4 members (excludes halogenated alkanes) is 7. The van der Waals surface area contributed by atoms with Crippen molar-refractivity contribution in [2.45, 2.75) is 64.1 Å². The predicted octanol–water partition coefficient (Wildman–Crippen LogP) is 4.07. The van der Waals surface area contributed by atoms with Gasteiger partial charge >= 0.3 is 5.97 Å². The van der Waals surface area contributed by atoms with Crippen molar-refractivity contribution in [1.29, 1.82) is 0 Å². The highest BCUT2D eigenvalue weighted by Crippen LogP contribution is 2.23. The molecule has 0 radical (unpaired) electrons. The van der Waals surface area contributed by atoms with Crippen molar-refractivity contribution >= 4 is 5.97 Å². The lowest BCUT2D eigenvalue weighted by atomic mass is 10.1. The number of hydrogen-bond donors (Lipinski definition) is 2. The Bertz CT molecular complexity index is 418. The molecule has 1 aromatic carbocycles. The van der Waals surface area contributed by atoms with E-state index in [1.807, 2.05) is 0 Å².